The first kappa shape index (κ1) is 13.7. The lowest BCUT2D eigenvalue weighted by atomic mass is 9.77. The molecule has 0 aromatic heterocycles. The summed E-state index contributed by atoms with van der Waals surface area (Å²) in [7, 11) is 1.37. The second kappa shape index (κ2) is 5.13. The number of hydrogen-bond acceptors (Lipinski definition) is 2. The molecule has 1 fully saturated rings. The normalized spacial score (nSPS) is 18.7. The smallest absolute Gasteiger partial charge is 0.182 e. The summed E-state index contributed by atoms with van der Waals surface area (Å²) in [6, 6.07) is 1.29. The number of ether oxygens (including phenoxy) is 1. The fourth-order valence-electron chi connectivity index (χ4n) is 2.60. The van der Waals surface area contributed by atoms with Crippen molar-refractivity contribution in [1.82, 2.24) is 0 Å². The van der Waals surface area contributed by atoms with Crippen LogP contribution in [-0.4, -0.2) is 7.11 Å². The molecule has 2 N–H and O–H groups in total. The summed E-state index contributed by atoms with van der Waals surface area (Å²) in [4.78, 5) is 0. The van der Waals surface area contributed by atoms with Crippen LogP contribution < -0.4 is 10.5 Å². The molecule has 1 aliphatic rings. The number of hydrogen-bond donors (Lipinski definition) is 1. The second-order valence-electron chi connectivity index (χ2n) is 4.78. The molecule has 0 spiro atoms. The van der Waals surface area contributed by atoms with Crippen molar-refractivity contribution < 1.29 is 13.5 Å². The average molecular weight is 320 g/mol. The van der Waals surface area contributed by atoms with Crippen molar-refractivity contribution in [2.45, 2.75) is 37.6 Å². The average Bonchev–Trinajstić information content (AvgIpc) is 2.36. The van der Waals surface area contributed by atoms with E-state index in [2.05, 4.69) is 15.9 Å². The predicted molar refractivity (Wildman–Crippen MR) is 69.6 cm³/mol. The van der Waals surface area contributed by atoms with Gasteiger partial charge in [0, 0.05) is 11.1 Å². The summed E-state index contributed by atoms with van der Waals surface area (Å²) in [6.45, 7) is 0. The standard InChI is InChI=1S/C13H16BrF2NO/c1-18-12-8(7-9(15)10(14)11(12)16)13(17)5-3-2-4-6-13/h7H,2-6,17H2,1H3. The van der Waals surface area contributed by atoms with Crippen LogP contribution in [0.5, 0.6) is 5.75 Å². The Morgan fingerprint density at radius 3 is 2.44 bits per heavy atom. The lowest BCUT2D eigenvalue weighted by Crippen LogP contribution is -2.39. The van der Waals surface area contributed by atoms with Gasteiger partial charge in [0.2, 0.25) is 0 Å². The van der Waals surface area contributed by atoms with Gasteiger partial charge < -0.3 is 10.5 Å². The Bertz CT molecular complexity index is 459. The number of methoxy groups -OCH3 is 1. The number of halogens is 3. The van der Waals surface area contributed by atoms with Gasteiger partial charge in [0.1, 0.15) is 5.82 Å². The van der Waals surface area contributed by atoms with Crippen molar-refractivity contribution in [2.24, 2.45) is 5.73 Å². The Morgan fingerprint density at radius 1 is 1.28 bits per heavy atom. The van der Waals surface area contributed by atoms with Gasteiger partial charge in [-0.3, -0.25) is 0 Å². The highest BCUT2D eigenvalue weighted by atomic mass is 79.9. The molecule has 1 aliphatic carbocycles. The Kier molecular flexibility index (Phi) is 3.92. The molecule has 0 unspecified atom stereocenters. The van der Waals surface area contributed by atoms with Gasteiger partial charge >= 0.3 is 0 Å². The molecule has 2 rings (SSSR count). The van der Waals surface area contributed by atoms with Crippen LogP contribution in [0.2, 0.25) is 0 Å². The zero-order valence-electron chi connectivity index (χ0n) is 10.2. The van der Waals surface area contributed by atoms with Gasteiger partial charge in [-0.05, 0) is 34.8 Å². The van der Waals surface area contributed by atoms with Gasteiger partial charge in [-0.25, -0.2) is 8.78 Å². The maximum absolute atomic E-state index is 14.0. The fourth-order valence-corrected chi connectivity index (χ4v) is 2.89. The number of nitrogens with two attached hydrogens (primary N) is 1. The monoisotopic (exact) mass is 319 g/mol. The van der Waals surface area contributed by atoms with Gasteiger partial charge in [0.15, 0.2) is 11.6 Å². The Hall–Kier alpha value is -0.680. The van der Waals surface area contributed by atoms with Crippen LogP contribution in [0.15, 0.2) is 10.5 Å². The van der Waals surface area contributed by atoms with Crippen molar-refractivity contribution >= 4 is 15.9 Å². The third-order valence-corrected chi connectivity index (χ3v) is 4.33. The Labute approximate surface area is 114 Å². The summed E-state index contributed by atoms with van der Waals surface area (Å²) in [5.41, 5.74) is 6.06. The van der Waals surface area contributed by atoms with Gasteiger partial charge in [0.25, 0.3) is 0 Å². The van der Waals surface area contributed by atoms with E-state index in [-0.39, 0.29) is 10.2 Å². The van der Waals surface area contributed by atoms with Crippen LogP contribution in [0.25, 0.3) is 0 Å². The first-order chi connectivity index (χ1) is 8.49. The first-order valence-electron chi connectivity index (χ1n) is 6.00. The summed E-state index contributed by atoms with van der Waals surface area (Å²) in [5, 5.41) is 0. The largest absolute Gasteiger partial charge is 0.493 e. The molecule has 0 atom stereocenters. The number of benzene rings is 1. The van der Waals surface area contributed by atoms with Crippen LogP contribution in [0.3, 0.4) is 0 Å². The molecule has 0 radical (unpaired) electrons. The molecule has 1 aromatic rings. The predicted octanol–water partition coefficient (Wildman–Crippen LogP) is 3.85. The van der Waals surface area contributed by atoms with Crippen LogP contribution in [0.1, 0.15) is 37.7 Å². The van der Waals surface area contributed by atoms with Crippen LogP contribution in [-0.2, 0) is 5.54 Å². The Morgan fingerprint density at radius 2 is 1.89 bits per heavy atom. The third-order valence-electron chi connectivity index (χ3n) is 3.60. The molecule has 1 saturated carbocycles. The summed E-state index contributed by atoms with van der Waals surface area (Å²) >= 11 is 2.88. The van der Waals surface area contributed by atoms with E-state index in [9.17, 15) is 8.78 Å². The van der Waals surface area contributed by atoms with E-state index in [0.29, 0.717) is 5.56 Å². The van der Waals surface area contributed by atoms with E-state index in [4.69, 9.17) is 10.5 Å². The highest BCUT2D eigenvalue weighted by Gasteiger charge is 2.34. The quantitative estimate of drug-likeness (QED) is 0.840. The van der Waals surface area contributed by atoms with Gasteiger partial charge in [-0.2, -0.15) is 0 Å². The summed E-state index contributed by atoms with van der Waals surface area (Å²) < 4.78 is 32.5. The first-order valence-corrected chi connectivity index (χ1v) is 6.80. The second-order valence-corrected chi connectivity index (χ2v) is 5.58. The lowest BCUT2D eigenvalue weighted by molar-refractivity contribution is 0.282. The minimum atomic E-state index is -0.720. The molecular weight excluding hydrogens is 304 g/mol. The fraction of sp³-hybridized carbons (Fsp3) is 0.538. The molecule has 0 bridgehead atoms. The van der Waals surface area contributed by atoms with Crippen molar-refractivity contribution in [3.63, 3.8) is 0 Å². The molecule has 0 saturated heterocycles. The highest BCUT2D eigenvalue weighted by molar-refractivity contribution is 9.10. The van der Waals surface area contributed by atoms with E-state index >= 15 is 0 Å². The van der Waals surface area contributed by atoms with E-state index < -0.39 is 17.2 Å². The van der Waals surface area contributed by atoms with Crippen molar-refractivity contribution in [3.05, 3.63) is 27.7 Å². The summed E-state index contributed by atoms with van der Waals surface area (Å²) in [6.07, 6.45) is 4.51. The van der Waals surface area contributed by atoms with Crippen LogP contribution >= 0.6 is 15.9 Å². The maximum Gasteiger partial charge on any atom is 0.182 e. The molecule has 1 aromatic carbocycles. The van der Waals surface area contributed by atoms with Gasteiger partial charge in [-0.1, -0.05) is 19.3 Å². The molecule has 100 valence electrons. The van der Waals surface area contributed by atoms with E-state index in [0.717, 1.165) is 32.1 Å². The zero-order valence-corrected chi connectivity index (χ0v) is 11.8. The molecule has 0 aliphatic heterocycles. The van der Waals surface area contributed by atoms with Crippen LogP contribution in [0, 0.1) is 11.6 Å². The topological polar surface area (TPSA) is 35.2 Å². The summed E-state index contributed by atoms with van der Waals surface area (Å²) in [5.74, 6) is -1.31. The molecule has 0 amide bonds. The van der Waals surface area contributed by atoms with E-state index in [1.165, 1.54) is 13.2 Å². The molecule has 2 nitrogen and oxygen atoms in total. The molecular formula is C13H16BrF2NO. The molecule has 5 heteroatoms. The van der Waals surface area contributed by atoms with E-state index in [1.54, 1.807) is 0 Å². The van der Waals surface area contributed by atoms with Crippen molar-refractivity contribution in [3.8, 4) is 5.75 Å². The lowest BCUT2D eigenvalue weighted by Gasteiger charge is -2.35. The minimum absolute atomic E-state index is 0.0488. The van der Waals surface area contributed by atoms with Crippen LogP contribution in [0.4, 0.5) is 8.78 Å². The van der Waals surface area contributed by atoms with Gasteiger partial charge in [0.05, 0.1) is 11.6 Å². The van der Waals surface area contributed by atoms with Gasteiger partial charge in [-0.15, -0.1) is 0 Å². The minimum Gasteiger partial charge on any atom is -0.493 e. The molecule has 18 heavy (non-hydrogen) atoms. The van der Waals surface area contributed by atoms with E-state index in [1.807, 2.05) is 0 Å². The zero-order chi connectivity index (χ0) is 13.3. The maximum atomic E-state index is 14.0. The van der Waals surface area contributed by atoms with Crippen molar-refractivity contribution in [1.29, 1.82) is 0 Å². The Balaban J connectivity index is 2.55. The SMILES string of the molecule is COc1c(C2(N)CCCCC2)cc(F)c(Br)c1F. The number of rotatable bonds is 2. The highest BCUT2D eigenvalue weighted by Crippen LogP contribution is 2.42. The van der Waals surface area contributed by atoms with Crippen molar-refractivity contribution in [2.75, 3.05) is 7.11 Å². The molecule has 0 heterocycles. The third kappa shape index (κ3) is 2.26.